The van der Waals surface area contributed by atoms with Crippen LogP contribution in [0.5, 0.6) is 0 Å². The van der Waals surface area contributed by atoms with E-state index >= 15 is 0 Å². The van der Waals surface area contributed by atoms with Crippen molar-refractivity contribution in [3.63, 3.8) is 0 Å². The molecule has 1 rings (SSSR count). The fourth-order valence-corrected chi connectivity index (χ4v) is 3.24. The third-order valence-electron chi connectivity index (χ3n) is 2.85. The van der Waals surface area contributed by atoms with E-state index in [9.17, 15) is 13.2 Å². The number of hydrogen-bond donors (Lipinski definition) is 2. The number of nitrogens with zero attached hydrogens (tertiary/aromatic N) is 1. The van der Waals surface area contributed by atoms with Crippen LogP contribution in [0.25, 0.3) is 0 Å². The van der Waals surface area contributed by atoms with Gasteiger partial charge in [0.05, 0.1) is 17.4 Å². The smallest absolute Gasteiger partial charge is 0.322 e. The Bertz CT molecular complexity index is 652. The summed E-state index contributed by atoms with van der Waals surface area (Å²) in [7, 11) is -3.80. The second-order valence-corrected chi connectivity index (χ2v) is 7.58. The minimum Gasteiger partial charge on any atom is -0.480 e. The second kappa shape index (κ2) is 6.24. The van der Waals surface area contributed by atoms with Crippen LogP contribution in [0.3, 0.4) is 0 Å². The van der Waals surface area contributed by atoms with E-state index in [1.54, 1.807) is 20.8 Å². The zero-order valence-electron chi connectivity index (χ0n) is 12.1. The summed E-state index contributed by atoms with van der Waals surface area (Å²) in [6.45, 7) is 4.95. The third-order valence-corrected chi connectivity index (χ3v) is 4.16. The van der Waals surface area contributed by atoms with Crippen molar-refractivity contribution in [3.05, 3.63) is 35.4 Å². The number of rotatable bonds is 5. The van der Waals surface area contributed by atoms with Gasteiger partial charge in [0, 0.05) is 0 Å². The molecular formula is C14H18N2O4S. The van der Waals surface area contributed by atoms with Crippen LogP contribution in [-0.2, 0) is 20.6 Å². The highest BCUT2D eigenvalue weighted by Crippen LogP contribution is 2.21. The molecule has 6 nitrogen and oxygen atoms in total. The fraction of sp³-hybridized carbons (Fsp3) is 0.429. The van der Waals surface area contributed by atoms with Gasteiger partial charge in [0.25, 0.3) is 0 Å². The average Bonchev–Trinajstić information content (AvgIpc) is 2.35. The molecule has 0 unspecified atom stereocenters. The molecule has 0 fully saturated rings. The van der Waals surface area contributed by atoms with Crippen molar-refractivity contribution < 1.29 is 18.3 Å². The molecule has 0 aliphatic heterocycles. The monoisotopic (exact) mass is 310 g/mol. The Morgan fingerprint density at radius 2 is 1.86 bits per heavy atom. The predicted octanol–water partition coefficient (Wildman–Crippen LogP) is 1.48. The van der Waals surface area contributed by atoms with Crippen molar-refractivity contribution in [3.8, 4) is 6.07 Å². The molecular weight excluding hydrogens is 292 g/mol. The van der Waals surface area contributed by atoms with E-state index in [2.05, 4.69) is 4.72 Å². The Balaban J connectivity index is 2.90. The van der Waals surface area contributed by atoms with E-state index in [0.29, 0.717) is 11.1 Å². The predicted molar refractivity (Wildman–Crippen MR) is 77.8 cm³/mol. The van der Waals surface area contributed by atoms with Crippen molar-refractivity contribution in [2.75, 3.05) is 0 Å². The molecule has 1 atom stereocenters. The number of nitrogens with one attached hydrogen (secondary N) is 1. The lowest BCUT2D eigenvalue weighted by Gasteiger charge is -2.27. The van der Waals surface area contributed by atoms with Crippen LogP contribution in [0.1, 0.15) is 31.9 Å². The molecule has 0 radical (unpaired) electrons. The lowest BCUT2D eigenvalue weighted by Crippen LogP contribution is -2.49. The Kier molecular flexibility index (Phi) is 5.10. The third kappa shape index (κ3) is 5.17. The van der Waals surface area contributed by atoms with E-state index in [1.807, 2.05) is 6.07 Å². The molecule has 2 N–H and O–H groups in total. The summed E-state index contributed by atoms with van der Waals surface area (Å²) < 4.78 is 26.4. The van der Waals surface area contributed by atoms with Crippen LogP contribution < -0.4 is 4.72 Å². The van der Waals surface area contributed by atoms with Crippen molar-refractivity contribution in [1.29, 1.82) is 5.26 Å². The Morgan fingerprint density at radius 3 is 2.24 bits per heavy atom. The van der Waals surface area contributed by atoms with Crippen LogP contribution in [0.15, 0.2) is 24.3 Å². The summed E-state index contributed by atoms with van der Waals surface area (Å²) in [5.74, 6) is -1.55. The maximum atomic E-state index is 12.1. The van der Waals surface area contributed by atoms with Gasteiger partial charge in [0.1, 0.15) is 6.04 Å². The van der Waals surface area contributed by atoms with Gasteiger partial charge in [-0.2, -0.15) is 5.26 Å². The summed E-state index contributed by atoms with van der Waals surface area (Å²) in [6, 6.07) is 6.83. The number of carbonyl (C=O) groups is 1. The first-order valence-electron chi connectivity index (χ1n) is 6.27. The number of aliphatic carboxylic acids is 1. The van der Waals surface area contributed by atoms with Gasteiger partial charge in [-0.25, -0.2) is 13.1 Å². The summed E-state index contributed by atoms with van der Waals surface area (Å²) in [5.41, 5.74) is 0.172. The Labute approximate surface area is 124 Å². The van der Waals surface area contributed by atoms with Gasteiger partial charge < -0.3 is 5.11 Å². The van der Waals surface area contributed by atoms with E-state index in [-0.39, 0.29) is 5.75 Å². The van der Waals surface area contributed by atoms with E-state index in [1.165, 1.54) is 24.3 Å². The lowest BCUT2D eigenvalue weighted by atomic mass is 9.88. The van der Waals surface area contributed by atoms with Crippen LogP contribution in [0.2, 0.25) is 0 Å². The van der Waals surface area contributed by atoms with Crippen LogP contribution >= 0.6 is 0 Å². The lowest BCUT2D eigenvalue weighted by molar-refractivity contribution is -0.141. The van der Waals surface area contributed by atoms with Crippen molar-refractivity contribution in [2.24, 2.45) is 5.41 Å². The van der Waals surface area contributed by atoms with Crippen LogP contribution in [0, 0.1) is 16.7 Å². The highest BCUT2D eigenvalue weighted by atomic mass is 32.2. The second-order valence-electron chi connectivity index (χ2n) is 5.82. The molecule has 1 aromatic carbocycles. The highest BCUT2D eigenvalue weighted by molar-refractivity contribution is 7.88. The standard InChI is InChI=1S/C14H18N2O4S/c1-14(2,3)12(13(17)18)16-21(19,20)9-11-6-4-10(8-15)5-7-11/h4-7,12,16H,9H2,1-3H3,(H,17,18)/t12-/m0/s1. The largest absolute Gasteiger partial charge is 0.480 e. The fourth-order valence-electron chi connectivity index (χ4n) is 1.71. The van der Waals surface area contributed by atoms with E-state index in [0.717, 1.165) is 0 Å². The molecule has 114 valence electrons. The van der Waals surface area contributed by atoms with Gasteiger partial charge in [0.15, 0.2) is 0 Å². The maximum Gasteiger partial charge on any atom is 0.322 e. The van der Waals surface area contributed by atoms with Crippen molar-refractivity contribution in [2.45, 2.75) is 32.6 Å². The number of nitriles is 1. The SMILES string of the molecule is CC(C)(C)[C@@H](NS(=O)(=O)Cc1ccc(C#N)cc1)C(=O)O. The van der Waals surface area contributed by atoms with Gasteiger partial charge in [-0.3, -0.25) is 4.79 Å². The molecule has 0 bridgehead atoms. The number of hydrogen-bond acceptors (Lipinski definition) is 4. The van der Waals surface area contributed by atoms with Crippen LogP contribution in [-0.4, -0.2) is 25.5 Å². The maximum absolute atomic E-state index is 12.1. The molecule has 0 aromatic heterocycles. The zero-order chi connectivity index (χ0) is 16.3. The van der Waals surface area contributed by atoms with E-state index in [4.69, 9.17) is 10.4 Å². The molecule has 0 saturated carbocycles. The number of benzene rings is 1. The molecule has 0 saturated heterocycles. The number of carboxylic acid groups (broad SMARTS) is 1. The molecule has 0 amide bonds. The minimum absolute atomic E-state index is 0.335. The van der Waals surface area contributed by atoms with Gasteiger partial charge in [-0.15, -0.1) is 0 Å². The van der Waals surface area contributed by atoms with E-state index < -0.39 is 27.4 Å². The number of carboxylic acids is 1. The molecule has 1 aromatic rings. The van der Waals surface area contributed by atoms with Gasteiger partial charge in [-0.1, -0.05) is 32.9 Å². The zero-order valence-corrected chi connectivity index (χ0v) is 12.9. The molecule has 0 aliphatic rings. The first-order chi connectivity index (χ1) is 9.55. The Morgan fingerprint density at radius 1 is 1.33 bits per heavy atom. The molecule has 21 heavy (non-hydrogen) atoms. The van der Waals surface area contributed by atoms with Gasteiger partial charge in [0.2, 0.25) is 10.0 Å². The van der Waals surface area contributed by atoms with Gasteiger partial charge in [-0.05, 0) is 23.1 Å². The minimum atomic E-state index is -3.80. The van der Waals surface area contributed by atoms with Crippen molar-refractivity contribution in [1.82, 2.24) is 4.72 Å². The number of sulfonamides is 1. The van der Waals surface area contributed by atoms with Crippen LogP contribution in [0.4, 0.5) is 0 Å². The summed E-state index contributed by atoms with van der Waals surface area (Å²) in [6.07, 6.45) is 0. The molecule has 7 heteroatoms. The molecule has 0 spiro atoms. The van der Waals surface area contributed by atoms with Crippen molar-refractivity contribution >= 4 is 16.0 Å². The molecule has 0 heterocycles. The average molecular weight is 310 g/mol. The topological polar surface area (TPSA) is 107 Å². The highest BCUT2D eigenvalue weighted by Gasteiger charge is 2.34. The first-order valence-corrected chi connectivity index (χ1v) is 7.92. The Hall–Kier alpha value is -1.91. The normalized spacial score (nSPS) is 13.4. The summed E-state index contributed by atoms with van der Waals surface area (Å²) in [5, 5.41) is 17.8. The first kappa shape index (κ1) is 17.1. The molecule has 0 aliphatic carbocycles. The van der Waals surface area contributed by atoms with Gasteiger partial charge >= 0.3 is 5.97 Å². The summed E-state index contributed by atoms with van der Waals surface area (Å²) in [4.78, 5) is 11.2. The quantitative estimate of drug-likeness (QED) is 0.856. The summed E-state index contributed by atoms with van der Waals surface area (Å²) >= 11 is 0.